The molecule has 0 N–H and O–H groups in total. The molecule has 21 aromatic rings. The van der Waals surface area contributed by atoms with E-state index in [0.29, 0.717) is 105 Å². The van der Waals surface area contributed by atoms with Crippen LogP contribution in [0, 0.1) is 0 Å². The van der Waals surface area contributed by atoms with Crippen LogP contribution in [0.25, 0.3) is 84.3 Å². The molecule has 42 heteroatoms. The second-order valence-corrected chi connectivity index (χ2v) is 33.9. The van der Waals surface area contributed by atoms with Gasteiger partial charge in [0.25, 0.3) is 0 Å². The van der Waals surface area contributed by atoms with Crippen molar-refractivity contribution < 1.29 is 0 Å². The molecule has 0 bridgehead atoms. The van der Waals surface area contributed by atoms with Gasteiger partial charge in [-0.15, -0.1) is 30.6 Å². The smallest absolute Gasteiger partial charge is 0.243 e. The van der Waals surface area contributed by atoms with Gasteiger partial charge in [-0.05, 0) is 164 Å². The van der Waals surface area contributed by atoms with E-state index in [1.807, 2.05) is 364 Å². The Labute approximate surface area is 846 Å². The number of guanidine groups is 9. The first-order valence-corrected chi connectivity index (χ1v) is 47.1. The summed E-state index contributed by atoms with van der Waals surface area (Å²) in [7, 11) is 0. The lowest BCUT2D eigenvalue weighted by Crippen LogP contribution is -2.48. The minimum absolute atomic E-state index is 0.223. The van der Waals surface area contributed by atoms with Crippen LogP contribution in [0.1, 0.15) is 52.0 Å². The van der Waals surface area contributed by atoms with Crippen LogP contribution in [-0.4, -0.2) is 223 Å². The van der Waals surface area contributed by atoms with Crippen LogP contribution in [0.5, 0.6) is 0 Å². The fraction of sp³-hybridized carbons (Fsp3) is 0. The van der Waals surface area contributed by atoms with Gasteiger partial charge in [-0.25, -0.2) is 43.7 Å². The van der Waals surface area contributed by atoms with E-state index in [1.54, 1.807) is 80.0 Å². The number of amidine groups is 9. The topological polar surface area (TPSA) is 431 Å². The van der Waals surface area contributed by atoms with Crippen molar-refractivity contribution in [2.75, 3.05) is 0 Å². The normalized spacial score (nSPS) is 15.1. The molecule has 12 aromatic carbocycles. The molecular formula is C108H66N42. The van der Waals surface area contributed by atoms with E-state index >= 15 is 0 Å². The Balaban J connectivity index is 0.000000109. The zero-order valence-electron chi connectivity index (χ0n) is 77.9. The number of rotatable bonds is 18. The maximum Gasteiger partial charge on any atom is 0.243 e. The van der Waals surface area contributed by atoms with Gasteiger partial charge >= 0.3 is 0 Å². The number of fused-ring (bicyclic) bond motifs is 3. The Morgan fingerprint density at radius 3 is 0.593 bits per heavy atom. The monoisotopic (exact) mass is 1950 g/mol. The highest BCUT2D eigenvalue weighted by Gasteiger charge is 2.43. The summed E-state index contributed by atoms with van der Waals surface area (Å²) < 4.78 is 16.9. The van der Waals surface area contributed by atoms with Crippen LogP contribution in [0.2, 0.25) is 0 Å². The van der Waals surface area contributed by atoms with E-state index in [9.17, 15) is 0 Å². The molecule has 0 atom stereocenters. The van der Waals surface area contributed by atoms with Crippen molar-refractivity contribution in [3.05, 3.63) is 454 Å². The van der Waals surface area contributed by atoms with Crippen LogP contribution < -0.4 is 0 Å². The molecule has 0 aliphatic carbocycles. The average Bonchev–Trinajstić information content (AvgIpc) is 1.51. The van der Waals surface area contributed by atoms with Crippen molar-refractivity contribution in [2.45, 2.75) is 0 Å². The molecule has 9 aromatic heterocycles. The molecule has 0 unspecified atom stereocenters. The van der Waals surface area contributed by atoms with Crippen molar-refractivity contribution >= 4 is 139 Å². The first kappa shape index (κ1) is 85.5. The molecule has 0 saturated carbocycles. The Bertz CT molecular complexity index is 8460. The minimum Gasteiger partial charge on any atom is -0.290 e. The van der Waals surface area contributed by atoms with Crippen molar-refractivity contribution in [1.29, 1.82) is 0 Å². The molecule has 0 fully saturated rings. The molecule has 9 aliphatic rings. The predicted octanol–water partition coefficient (Wildman–Crippen LogP) is 14.5. The zero-order chi connectivity index (χ0) is 99.1. The Morgan fingerprint density at radius 1 is 0.160 bits per heavy atom. The third-order valence-electron chi connectivity index (χ3n) is 24.8. The predicted molar refractivity (Wildman–Crippen MR) is 569 cm³/mol. The number of nitrogens with zero attached hydrogens (tertiary/aromatic N) is 42. The van der Waals surface area contributed by atoms with Gasteiger partial charge in [0, 0.05) is 34.1 Å². The van der Waals surface area contributed by atoms with E-state index in [1.165, 1.54) is 0 Å². The second kappa shape index (κ2) is 36.0. The maximum absolute atomic E-state index is 5.10. The third kappa shape index (κ3) is 15.2. The van der Waals surface area contributed by atoms with E-state index in [-0.39, 0.29) is 53.3 Å². The van der Waals surface area contributed by atoms with Gasteiger partial charge in [-0.2, -0.15) is 105 Å². The first-order chi connectivity index (χ1) is 74.3. The summed E-state index contributed by atoms with van der Waals surface area (Å²) in [4.78, 5) is 109. The zero-order valence-corrected chi connectivity index (χ0v) is 77.9. The highest BCUT2D eigenvalue weighted by atomic mass is 15.5. The third-order valence-corrected chi connectivity index (χ3v) is 24.8. The molecular weight excluding hydrogens is 1890 g/mol. The number of para-hydroxylation sites is 15. The molecule has 0 radical (unpaired) electrons. The Hall–Kier alpha value is -22.4. The van der Waals surface area contributed by atoms with Gasteiger partial charge in [-0.1, -0.05) is 200 Å². The maximum atomic E-state index is 5.10. The van der Waals surface area contributed by atoms with Crippen molar-refractivity contribution in [3.8, 4) is 51.2 Å². The molecule has 708 valence electrons. The Kier molecular flexibility index (Phi) is 20.5. The lowest BCUT2D eigenvalue weighted by atomic mass is 10.2. The van der Waals surface area contributed by atoms with E-state index in [0.717, 1.165) is 84.3 Å². The number of imidazole rings is 3. The summed E-state index contributed by atoms with van der Waals surface area (Å²) in [6, 6.07) is 118. The molecule has 0 spiro atoms. The summed E-state index contributed by atoms with van der Waals surface area (Å²) in [6.45, 7) is 0. The number of aliphatic imine (C=N–C) groups is 18. The van der Waals surface area contributed by atoms with Gasteiger partial charge in [0.2, 0.25) is 106 Å². The summed E-state index contributed by atoms with van der Waals surface area (Å²) in [5, 5.41) is 39.1. The van der Waals surface area contributed by atoms with E-state index in [4.69, 9.17) is 105 Å². The molecule has 18 heterocycles. The van der Waals surface area contributed by atoms with Crippen LogP contribution >= 0.6 is 0 Å². The molecule has 0 amide bonds. The number of benzene rings is 12. The largest absolute Gasteiger partial charge is 0.290 e. The van der Waals surface area contributed by atoms with Crippen LogP contribution in [0.3, 0.4) is 0 Å². The molecule has 30 rings (SSSR count). The fourth-order valence-electron chi connectivity index (χ4n) is 18.1. The lowest BCUT2D eigenvalue weighted by Gasteiger charge is -2.30. The second-order valence-electron chi connectivity index (χ2n) is 33.9. The number of hydrogen-bond donors (Lipinski definition) is 0. The Morgan fingerprint density at radius 2 is 0.353 bits per heavy atom. The van der Waals surface area contributed by atoms with Crippen LogP contribution in [0.15, 0.2) is 491 Å². The van der Waals surface area contributed by atoms with Crippen molar-refractivity contribution in [1.82, 2.24) is 117 Å². The SMILES string of the molecule is c1ccc(-n2c(C3=NC4=NC(c5nc6ccccc6n5-c5ccccc5)=NC5=NC(c6nc7ccccc7n6-c6ccccc6)=NC(=N3)N45)nc3ccccc32)cc1.c1ccc(-n2cnnc2C2=NC3=NC(c4nncn4-c4ccccc4)=NC4=NC(c5nncn5-c5ccccc5)=NC(=N2)N34)cc1.c1ccc(-n2nccc2C2=NC3=NC(c4ccnn4-c4ccccc4)=NC4=NC(c5ccnn5-c5ccccc5)=NC(=N2)N34)cc1. The summed E-state index contributed by atoms with van der Waals surface area (Å²) in [5.74, 6) is 8.12. The van der Waals surface area contributed by atoms with Gasteiger partial charge in [-0.3, -0.25) is 27.4 Å². The van der Waals surface area contributed by atoms with Gasteiger partial charge in [0.1, 0.15) is 36.1 Å². The highest BCUT2D eigenvalue weighted by molar-refractivity contribution is 6.37. The number of aromatic nitrogens is 21. The molecule has 150 heavy (non-hydrogen) atoms. The van der Waals surface area contributed by atoms with E-state index < -0.39 is 0 Å². The number of hydrogen-bond acceptors (Lipinski definition) is 33. The first-order valence-electron chi connectivity index (χ1n) is 47.1. The summed E-state index contributed by atoms with van der Waals surface area (Å²) in [5.41, 5.74) is 15.0. The minimum atomic E-state index is 0.223. The van der Waals surface area contributed by atoms with Gasteiger partial charge in [0.15, 0.2) is 35.0 Å². The van der Waals surface area contributed by atoms with Crippen LogP contribution in [-0.2, 0) is 0 Å². The van der Waals surface area contributed by atoms with E-state index in [2.05, 4.69) is 59.6 Å². The fourth-order valence-corrected chi connectivity index (χ4v) is 18.1. The molecule has 9 aliphatic heterocycles. The van der Waals surface area contributed by atoms with Gasteiger partial charge in [0.05, 0.1) is 68.8 Å². The summed E-state index contributed by atoms with van der Waals surface area (Å²) in [6.07, 6.45) is 9.94. The standard InChI is InChI=1S/C45H27N13.C33H21N13.C30H18N16/c1-4-16-28(17-5-1)55-34-25-13-10-22-31(34)46-40(55)37-49-43-51-38(41-47-32-23-11-14-26-35(32)56(41)29-18-6-2-7-19-29)53-45-54-39(52-44(50-37)58(43)45)42-48-33-24-12-15-27-36(33)57(42)30-20-8-3-9-21-30;1-4-10-22(11-5-1)44-25(16-19-34-44)28-37-31-39-29(26-17-20-35-45(26)23-12-6-2-7-13-23)41-33-42-30(40-32(38-28)43(31)33)27-18-21-36-46(27)24-14-8-3-9-15-24;1-4-10-19(11-5-1)43-16-31-40-25(43)22-34-28-36-23(26-41-32-17-44(26)20-12-6-2-7-13-20)38-30-39-24(37-29(35-22)46(28)30)27-42-33-18-45(27)21-14-8-3-9-15-21/h1-27H;1-21H;1-18H. The molecule has 42 nitrogen and oxygen atoms in total. The van der Waals surface area contributed by atoms with Crippen molar-refractivity contribution in [2.24, 2.45) is 89.9 Å². The molecule has 0 saturated heterocycles. The summed E-state index contributed by atoms with van der Waals surface area (Å²) >= 11 is 0. The average molecular weight is 1950 g/mol. The van der Waals surface area contributed by atoms with Gasteiger partial charge < -0.3 is 0 Å². The highest BCUT2D eigenvalue weighted by Crippen LogP contribution is 2.35. The quantitative estimate of drug-likeness (QED) is 0.0770. The van der Waals surface area contributed by atoms with Crippen molar-refractivity contribution in [3.63, 3.8) is 0 Å². The lowest BCUT2D eigenvalue weighted by molar-refractivity contribution is 0.813. The van der Waals surface area contributed by atoms with Crippen LogP contribution in [0.4, 0.5) is 0 Å².